The molecule has 0 fully saturated rings. The Morgan fingerprint density at radius 2 is 2.23 bits per heavy atom. The van der Waals surface area contributed by atoms with E-state index in [-0.39, 0.29) is 11.6 Å². The molecule has 1 aromatic rings. The first-order valence-electron chi connectivity index (χ1n) is 7.53. The minimum Gasteiger partial charge on any atom is -0.352 e. The molecule has 0 atom stereocenters. The van der Waals surface area contributed by atoms with E-state index in [0.717, 1.165) is 19.3 Å². The molecule has 22 heavy (non-hydrogen) atoms. The van der Waals surface area contributed by atoms with Crippen molar-refractivity contribution in [1.29, 1.82) is 0 Å². The number of carbonyl (C=O) groups is 1. The van der Waals surface area contributed by atoms with E-state index in [4.69, 9.17) is 0 Å². The third-order valence-corrected chi connectivity index (χ3v) is 3.64. The first kappa shape index (κ1) is 15.9. The number of benzene rings is 1. The molecule has 1 N–H and O–H groups in total. The molecule has 1 amide bonds. The van der Waals surface area contributed by atoms with Crippen molar-refractivity contribution in [3.05, 3.63) is 57.7 Å². The van der Waals surface area contributed by atoms with Gasteiger partial charge in [0.2, 0.25) is 5.91 Å². The van der Waals surface area contributed by atoms with Crippen LogP contribution in [0.25, 0.3) is 6.08 Å². The fourth-order valence-corrected chi connectivity index (χ4v) is 2.45. The van der Waals surface area contributed by atoms with Crippen molar-refractivity contribution in [2.75, 3.05) is 6.54 Å². The van der Waals surface area contributed by atoms with E-state index in [1.54, 1.807) is 18.2 Å². The fourth-order valence-electron chi connectivity index (χ4n) is 2.45. The highest BCUT2D eigenvalue weighted by molar-refractivity contribution is 5.91. The van der Waals surface area contributed by atoms with Crippen LogP contribution in [0.2, 0.25) is 0 Å². The van der Waals surface area contributed by atoms with Crippen LogP contribution in [0.3, 0.4) is 0 Å². The quantitative estimate of drug-likeness (QED) is 0.377. The molecular weight excluding hydrogens is 280 g/mol. The number of hydrogen-bond acceptors (Lipinski definition) is 3. The molecule has 0 unspecified atom stereocenters. The Hall–Kier alpha value is -2.43. The van der Waals surface area contributed by atoms with Crippen molar-refractivity contribution in [2.24, 2.45) is 0 Å². The first-order valence-corrected chi connectivity index (χ1v) is 7.53. The topological polar surface area (TPSA) is 72.2 Å². The molecule has 0 radical (unpaired) electrons. The van der Waals surface area contributed by atoms with Gasteiger partial charge in [-0.25, -0.2) is 0 Å². The number of nitro groups is 1. The third kappa shape index (κ3) is 5.16. The minimum absolute atomic E-state index is 0.0202. The molecule has 0 bridgehead atoms. The lowest BCUT2D eigenvalue weighted by Crippen LogP contribution is -2.22. The van der Waals surface area contributed by atoms with Gasteiger partial charge >= 0.3 is 0 Å². The third-order valence-electron chi connectivity index (χ3n) is 3.64. The molecular formula is C17H20N2O3. The summed E-state index contributed by atoms with van der Waals surface area (Å²) < 4.78 is 0. The van der Waals surface area contributed by atoms with Crippen LogP contribution < -0.4 is 5.32 Å². The predicted octanol–water partition coefficient (Wildman–Crippen LogP) is 3.61. The number of nitrogens with zero attached hydrogens (tertiary/aromatic N) is 1. The van der Waals surface area contributed by atoms with Gasteiger partial charge in [0, 0.05) is 24.8 Å². The zero-order valence-electron chi connectivity index (χ0n) is 12.5. The average molecular weight is 300 g/mol. The van der Waals surface area contributed by atoms with Gasteiger partial charge in [-0.1, -0.05) is 23.8 Å². The van der Waals surface area contributed by atoms with Crippen LogP contribution in [0, 0.1) is 10.1 Å². The maximum Gasteiger partial charge on any atom is 0.270 e. The predicted molar refractivity (Wildman–Crippen MR) is 86.3 cm³/mol. The molecule has 1 aromatic carbocycles. The molecule has 5 nitrogen and oxygen atoms in total. The zero-order chi connectivity index (χ0) is 15.8. The summed E-state index contributed by atoms with van der Waals surface area (Å²) in [6.45, 7) is 0.629. The van der Waals surface area contributed by atoms with Gasteiger partial charge in [-0.05, 0) is 43.7 Å². The number of rotatable bonds is 6. The molecule has 5 heteroatoms. The highest BCUT2D eigenvalue weighted by atomic mass is 16.6. The number of nitrogens with one attached hydrogen (secondary N) is 1. The highest BCUT2D eigenvalue weighted by Crippen LogP contribution is 2.19. The normalized spacial score (nSPS) is 14.6. The van der Waals surface area contributed by atoms with Gasteiger partial charge in [-0.15, -0.1) is 0 Å². The molecule has 0 saturated carbocycles. The second kappa shape index (κ2) is 8.12. The Morgan fingerprint density at radius 1 is 1.36 bits per heavy atom. The molecule has 0 aliphatic heterocycles. The maximum atomic E-state index is 11.7. The van der Waals surface area contributed by atoms with Gasteiger partial charge in [-0.3, -0.25) is 14.9 Å². The van der Waals surface area contributed by atoms with E-state index in [2.05, 4.69) is 11.4 Å². The van der Waals surface area contributed by atoms with Crippen LogP contribution in [-0.4, -0.2) is 17.4 Å². The summed E-state index contributed by atoms with van der Waals surface area (Å²) >= 11 is 0. The fraction of sp³-hybridized carbons (Fsp3) is 0.353. The van der Waals surface area contributed by atoms with E-state index in [1.165, 1.54) is 36.6 Å². The summed E-state index contributed by atoms with van der Waals surface area (Å²) in [5, 5.41) is 13.5. The molecule has 116 valence electrons. The van der Waals surface area contributed by atoms with E-state index >= 15 is 0 Å². The van der Waals surface area contributed by atoms with Crippen molar-refractivity contribution < 1.29 is 9.72 Å². The number of amides is 1. The lowest BCUT2D eigenvalue weighted by Gasteiger charge is -2.12. The monoisotopic (exact) mass is 300 g/mol. The second-order valence-corrected chi connectivity index (χ2v) is 5.33. The Balaban J connectivity index is 1.79. The molecule has 0 aromatic heterocycles. The van der Waals surface area contributed by atoms with Crippen molar-refractivity contribution in [3.8, 4) is 0 Å². The van der Waals surface area contributed by atoms with Crippen LogP contribution in [0.5, 0.6) is 0 Å². The SMILES string of the molecule is O=C(C=Cc1cccc([N+](=O)[O-])c1)NCCC1=CCCCC1. The van der Waals surface area contributed by atoms with E-state index in [1.807, 2.05) is 0 Å². The Bertz CT molecular complexity index is 606. The Morgan fingerprint density at radius 3 is 2.95 bits per heavy atom. The first-order chi connectivity index (χ1) is 10.6. The second-order valence-electron chi connectivity index (χ2n) is 5.33. The van der Waals surface area contributed by atoms with Crippen molar-refractivity contribution in [2.45, 2.75) is 32.1 Å². The van der Waals surface area contributed by atoms with Gasteiger partial charge in [0.25, 0.3) is 5.69 Å². The molecule has 2 rings (SSSR count). The number of allylic oxidation sites excluding steroid dienone is 1. The number of carbonyl (C=O) groups excluding carboxylic acids is 1. The summed E-state index contributed by atoms with van der Waals surface area (Å²) in [5.41, 5.74) is 2.08. The largest absolute Gasteiger partial charge is 0.352 e. The molecule has 0 heterocycles. The van der Waals surface area contributed by atoms with Gasteiger partial charge in [0.1, 0.15) is 0 Å². The van der Waals surface area contributed by atoms with Crippen LogP contribution >= 0.6 is 0 Å². The van der Waals surface area contributed by atoms with Crippen LogP contribution in [0.15, 0.2) is 42.0 Å². The van der Waals surface area contributed by atoms with Crippen LogP contribution in [0.4, 0.5) is 5.69 Å². The lowest BCUT2D eigenvalue weighted by molar-refractivity contribution is -0.384. The zero-order valence-corrected chi connectivity index (χ0v) is 12.5. The Kier molecular flexibility index (Phi) is 5.89. The van der Waals surface area contributed by atoms with E-state index in [0.29, 0.717) is 12.1 Å². The highest BCUT2D eigenvalue weighted by Gasteiger charge is 2.05. The number of hydrogen-bond donors (Lipinski definition) is 1. The molecule has 1 aliphatic rings. The minimum atomic E-state index is -0.449. The van der Waals surface area contributed by atoms with Crippen LogP contribution in [-0.2, 0) is 4.79 Å². The van der Waals surface area contributed by atoms with Crippen molar-refractivity contribution in [1.82, 2.24) is 5.32 Å². The van der Waals surface area contributed by atoms with Crippen molar-refractivity contribution in [3.63, 3.8) is 0 Å². The summed E-state index contributed by atoms with van der Waals surface area (Å²) in [5.74, 6) is -0.178. The average Bonchev–Trinajstić information content (AvgIpc) is 2.54. The van der Waals surface area contributed by atoms with Crippen LogP contribution in [0.1, 0.15) is 37.7 Å². The number of nitro benzene ring substituents is 1. The van der Waals surface area contributed by atoms with Gasteiger partial charge in [0.05, 0.1) is 4.92 Å². The maximum absolute atomic E-state index is 11.7. The smallest absolute Gasteiger partial charge is 0.270 e. The van der Waals surface area contributed by atoms with Gasteiger partial charge in [-0.2, -0.15) is 0 Å². The summed E-state index contributed by atoms with van der Waals surface area (Å²) in [7, 11) is 0. The van der Waals surface area contributed by atoms with E-state index < -0.39 is 4.92 Å². The van der Waals surface area contributed by atoms with E-state index in [9.17, 15) is 14.9 Å². The standard InChI is InChI=1S/C17H20N2O3/c20-17(18-12-11-14-5-2-1-3-6-14)10-9-15-7-4-8-16(13-15)19(21)22/h4-5,7-10,13H,1-3,6,11-12H2,(H,18,20). The van der Waals surface area contributed by atoms with Gasteiger partial charge < -0.3 is 5.32 Å². The lowest BCUT2D eigenvalue weighted by atomic mass is 9.97. The molecule has 1 aliphatic carbocycles. The molecule has 0 spiro atoms. The summed E-state index contributed by atoms with van der Waals surface area (Å²) in [6.07, 6.45) is 11.0. The van der Waals surface area contributed by atoms with Crippen molar-refractivity contribution >= 4 is 17.7 Å². The summed E-state index contributed by atoms with van der Waals surface area (Å²) in [6, 6.07) is 6.20. The Labute approximate surface area is 129 Å². The molecule has 0 saturated heterocycles. The van der Waals surface area contributed by atoms with Gasteiger partial charge in [0.15, 0.2) is 0 Å². The number of non-ortho nitro benzene ring substituents is 1. The summed E-state index contributed by atoms with van der Waals surface area (Å²) in [4.78, 5) is 22.0.